The van der Waals surface area contributed by atoms with Crippen molar-refractivity contribution in [3.8, 4) is 11.5 Å². The van der Waals surface area contributed by atoms with Crippen molar-refractivity contribution in [2.75, 3.05) is 19.2 Å². The number of hydrogen-bond acceptors (Lipinski definition) is 17. The molecule has 21 nitrogen and oxygen atoms in total. The standard InChI is InChI=1S/C40H51NO14.3C2H4O2/c1-16-12-11-13-17(2)38(49)41-28-19(4)36(55-23(8)42)24-25(33(28)47)31(45)21(6)35-26(24)34(53-15-54-35)18(3)14-40(9,51)37(48)22(7)32(46)27(39(50)52-10)30(44)20(5)29(16)43;3*1-2(3)4/h11-14,16,20,22,27,29-30,32,37,43-44,46-48,51H,15H2,1-10H3,(H,41,49);3*1H3,(H,3,4)/b12-11+,17-13-,18-14-;;;/t16-,20-,22+,27-,29-,30-,32-,37-,40-;;;/m1.../s1. The number of anilines is 1. The predicted molar refractivity (Wildman–Crippen MR) is 238 cm³/mol. The molecule has 3 heterocycles. The summed E-state index contributed by atoms with van der Waals surface area (Å²) in [5.41, 5.74) is -2.34. The van der Waals surface area contributed by atoms with Gasteiger partial charge in [-0.05, 0) is 46.3 Å². The highest BCUT2D eigenvalue weighted by atomic mass is 16.7. The number of amides is 1. The second-order valence-corrected chi connectivity index (χ2v) is 16.3. The van der Waals surface area contributed by atoms with Gasteiger partial charge in [-0.25, -0.2) is 0 Å². The zero-order valence-electron chi connectivity index (χ0n) is 39.7. The van der Waals surface area contributed by atoms with Crippen LogP contribution in [0, 0.1) is 30.6 Å². The fourth-order valence-electron chi connectivity index (χ4n) is 7.28. The molecule has 372 valence electrons. The summed E-state index contributed by atoms with van der Waals surface area (Å²) in [5.74, 6) is -11.2. The molecule has 1 aromatic rings. The van der Waals surface area contributed by atoms with Crippen LogP contribution in [-0.4, -0.2) is 131 Å². The van der Waals surface area contributed by atoms with E-state index < -0.39 is 108 Å². The van der Waals surface area contributed by atoms with E-state index in [2.05, 4.69) is 5.32 Å². The molecule has 0 unspecified atom stereocenters. The van der Waals surface area contributed by atoms with Gasteiger partial charge in [0.1, 0.15) is 28.8 Å². The maximum absolute atomic E-state index is 14.0. The Labute approximate surface area is 387 Å². The first-order chi connectivity index (χ1) is 30.8. The number of hydrogen-bond donors (Lipinski definition) is 10. The predicted octanol–water partition coefficient (Wildman–Crippen LogP) is 3.38. The molecule has 1 aromatic carbocycles. The number of phenolic OH excluding ortho intramolecular Hbond substituents is 1. The van der Waals surface area contributed by atoms with Crippen LogP contribution >= 0.6 is 0 Å². The summed E-state index contributed by atoms with van der Waals surface area (Å²) in [6.45, 7) is 15.6. The van der Waals surface area contributed by atoms with Crippen LogP contribution in [0.15, 0.2) is 52.5 Å². The van der Waals surface area contributed by atoms with Crippen molar-refractivity contribution in [1.82, 2.24) is 0 Å². The van der Waals surface area contributed by atoms with E-state index in [-0.39, 0.29) is 61.9 Å². The van der Waals surface area contributed by atoms with Gasteiger partial charge in [0.2, 0.25) is 6.79 Å². The van der Waals surface area contributed by atoms with Crippen LogP contribution in [0.4, 0.5) is 5.69 Å². The molecule has 0 fully saturated rings. The number of methoxy groups -OCH3 is 1. The number of rotatable bonds is 2. The number of aromatic hydroxyl groups is 1. The molecule has 3 aliphatic heterocycles. The lowest BCUT2D eigenvalue weighted by Gasteiger charge is -2.39. The van der Waals surface area contributed by atoms with Crippen molar-refractivity contribution in [3.63, 3.8) is 0 Å². The normalized spacial score (nSPS) is 28.4. The van der Waals surface area contributed by atoms with Crippen molar-refractivity contribution in [2.24, 2.45) is 23.7 Å². The molecule has 21 heteroatoms. The van der Waals surface area contributed by atoms with E-state index in [0.29, 0.717) is 0 Å². The summed E-state index contributed by atoms with van der Waals surface area (Å²) in [4.78, 5) is 80.0. The third kappa shape index (κ3) is 15.1. The zero-order chi connectivity index (χ0) is 52.2. The van der Waals surface area contributed by atoms with Gasteiger partial charge in [-0.15, -0.1) is 0 Å². The quantitative estimate of drug-likeness (QED) is 0.115. The van der Waals surface area contributed by atoms with E-state index in [4.69, 9.17) is 48.7 Å². The van der Waals surface area contributed by atoms with Crippen LogP contribution in [-0.2, 0) is 43.0 Å². The van der Waals surface area contributed by atoms with Gasteiger partial charge < -0.3 is 70.2 Å². The summed E-state index contributed by atoms with van der Waals surface area (Å²) in [6.07, 6.45) is -0.878. The third-order valence-electron chi connectivity index (χ3n) is 10.6. The number of aliphatic hydroxyl groups is 5. The van der Waals surface area contributed by atoms with Gasteiger partial charge in [0, 0.05) is 67.7 Å². The first-order valence-corrected chi connectivity index (χ1v) is 20.6. The molecule has 1 aliphatic carbocycles. The minimum absolute atomic E-state index is 0.00256. The molecule has 0 saturated heterocycles. The summed E-state index contributed by atoms with van der Waals surface area (Å²) in [6, 6.07) is 0. The molecule has 0 spiro atoms. The monoisotopic (exact) mass is 949 g/mol. The Balaban J connectivity index is 0.00000167. The Kier molecular flexibility index (Phi) is 21.8. The van der Waals surface area contributed by atoms with E-state index in [1.807, 2.05) is 0 Å². The Morgan fingerprint density at radius 2 is 1.27 bits per heavy atom. The molecule has 4 bridgehead atoms. The van der Waals surface area contributed by atoms with Crippen molar-refractivity contribution < 1.29 is 98.5 Å². The Morgan fingerprint density at radius 3 is 1.76 bits per heavy atom. The lowest BCUT2D eigenvalue weighted by molar-refractivity contribution is -0.168. The van der Waals surface area contributed by atoms with Crippen LogP contribution in [0.1, 0.15) is 97.6 Å². The van der Waals surface area contributed by atoms with E-state index in [0.717, 1.165) is 34.8 Å². The largest absolute Gasteiger partial charge is 0.505 e. The van der Waals surface area contributed by atoms with Gasteiger partial charge in [-0.1, -0.05) is 39.0 Å². The highest BCUT2D eigenvalue weighted by molar-refractivity contribution is 6.21. The fraction of sp³-hybridized carbons (Fsp3) is 0.500. The van der Waals surface area contributed by atoms with E-state index in [9.17, 15) is 49.8 Å². The smallest absolute Gasteiger partial charge is 0.313 e. The fourth-order valence-corrected chi connectivity index (χ4v) is 7.28. The lowest BCUT2D eigenvalue weighted by Crippen LogP contribution is -2.53. The van der Waals surface area contributed by atoms with Crippen LogP contribution < -0.4 is 10.1 Å². The number of allylic oxidation sites excluding steroid dienone is 5. The molecule has 0 saturated carbocycles. The lowest BCUT2D eigenvalue weighted by atomic mass is 9.75. The molecule has 10 N–H and O–H groups in total. The Bertz CT molecular complexity index is 2190. The molecule has 1 amide bonds. The number of esters is 2. The Hall–Kier alpha value is -6.39. The molecule has 0 aromatic heterocycles. The third-order valence-corrected chi connectivity index (χ3v) is 10.6. The van der Waals surface area contributed by atoms with Gasteiger partial charge in [0.15, 0.2) is 11.5 Å². The number of Topliss-reactive ketones (excluding diaryl/α,β-unsaturated/α-hetero) is 1. The van der Waals surface area contributed by atoms with Gasteiger partial charge in [-0.3, -0.25) is 33.6 Å². The molecule has 67 heavy (non-hydrogen) atoms. The topological polar surface area (TPSA) is 351 Å². The number of aliphatic carboxylic acids is 3. The first-order valence-electron chi connectivity index (χ1n) is 20.6. The number of carboxylic acids is 3. The maximum atomic E-state index is 14.0. The van der Waals surface area contributed by atoms with Crippen LogP contribution in [0.25, 0.3) is 5.57 Å². The first kappa shape index (κ1) is 58.6. The minimum atomic E-state index is -2.17. The average Bonchev–Trinajstić information content (AvgIpc) is 3.22. The van der Waals surface area contributed by atoms with Crippen molar-refractivity contribution in [2.45, 2.75) is 113 Å². The minimum Gasteiger partial charge on any atom is -0.505 e. The SMILES string of the molecule is CC(=O)O.CC(=O)O.CC(=O)O.COC(=O)[C@@H]1[C@H](O)[C@H](C)[C@H](O)[C@H](C)/C=C/C=C(/C)C(=O)Nc2c(C)c(OC(C)=O)c3c(c2O)C(=O)C(C)=C2OCOC(=C23)/C(C)=C\[C@@](C)(O)[C@H](O)[C@@H](C)[C@H]1O. The second-order valence-electron chi connectivity index (χ2n) is 16.3. The van der Waals surface area contributed by atoms with E-state index >= 15 is 0 Å². The second kappa shape index (κ2) is 24.9. The average molecular weight is 950 g/mol. The number of fused-ring (bicyclic) bond motifs is 14. The Morgan fingerprint density at radius 1 is 0.776 bits per heavy atom. The van der Waals surface area contributed by atoms with Gasteiger partial charge >= 0.3 is 11.9 Å². The number of ketones is 1. The summed E-state index contributed by atoms with van der Waals surface area (Å²) >= 11 is 0. The van der Waals surface area contributed by atoms with Crippen molar-refractivity contribution in [1.29, 1.82) is 0 Å². The molecule has 9 atom stereocenters. The number of aliphatic hydroxyl groups excluding tert-OH is 4. The van der Waals surface area contributed by atoms with Crippen molar-refractivity contribution >= 4 is 52.8 Å². The van der Waals surface area contributed by atoms with Crippen LogP contribution in [0.5, 0.6) is 11.5 Å². The zero-order valence-corrected chi connectivity index (χ0v) is 39.7. The number of benzene rings is 1. The summed E-state index contributed by atoms with van der Waals surface area (Å²) in [5, 5.41) is 94.0. The number of nitrogens with one attached hydrogen (secondary N) is 1. The molecule has 0 radical (unpaired) electrons. The van der Waals surface area contributed by atoms with Crippen molar-refractivity contribution in [3.05, 3.63) is 69.2 Å². The molecular weight excluding hydrogens is 886 g/mol. The highest BCUT2D eigenvalue weighted by Crippen LogP contribution is 2.53. The van der Waals surface area contributed by atoms with Gasteiger partial charge in [-0.2, -0.15) is 0 Å². The molecular formula is C46H63NO20. The van der Waals surface area contributed by atoms with Crippen LogP contribution in [0.3, 0.4) is 0 Å². The molecule has 5 rings (SSSR count). The summed E-state index contributed by atoms with van der Waals surface area (Å²) < 4.78 is 22.3. The summed E-state index contributed by atoms with van der Waals surface area (Å²) in [7, 11) is 1.06. The highest BCUT2D eigenvalue weighted by Gasteiger charge is 2.47. The number of carbonyl (C=O) groups excluding carboxylic acids is 4. The van der Waals surface area contributed by atoms with Gasteiger partial charge in [0.25, 0.3) is 23.8 Å². The number of phenols is 1. The van der Waals surface area contributed by atoms with Crippen LogP contribution in [0.2, 0.25) is 0 Å². The molecule has 4 aliphatic rings. The van der Waals surface area contributed by atoms with E-state index in [1.54, 1.807) is 13.0 Å². The van der Waals surface area contributed by atoms with E-state index in [1.165, 1.54) is 66.7 Å². The maximum Gasteiger partial charge on any atom is 0.313 e. The number of carbonyl (C=O) groups is 7. The number of carboxylic acid groups (broad SMARTS) is 3. The van der Waals surface area contributed by atoms with Gasteiger partial charge in [0.05, 0.1) is 48.3 Å². The number of ether oxygens (including phenoxy) is 4.